The molecule has 3 saturated heterocycles. The number of sulfonamides is 1. The van der Waals surface area contributed by atoms with E-state index in [9.17, 15) is 42.5 Å². The number of piperazine rings is 1. The molecule has 5 amide bonds. The number of amides is 5. The molecule has 3 fully saturated rings. The van der Waals surface area contributed by atoms with Gasteiger partial charge in [-0.25, -0.2) is 18.1 Å². The molecular formula is C65H69ClN10O11S. The zero-order chi connectivity index (χ0) is 61.7. The maximum Gasteiger partial charge on any atom is 0.293 e. The van der Waals surface area contributed by atoms with Crippen LogP contribution in [-0.2, 0) is 24.3 Å². The number of halogens is 1. The maximum atomic E-state index is 14.1. The lowest BCUT2D eigenvalue weighted by Crippen LogP contribution is -2.54. The molecule has 11 rings (SSSR count). The molecule has 21 nitrogen and oxygen atoms in total. The first-order chi connectivity index (χ1) is 42.3. The number of carbonyl (C=O) groups excluding carboxylic acids is 5. The van der Waals surface area contributed by atoms with Gasteiger partial charge < -0.3 is 29.6 Å². The molecule has 0 radical (unpaired) electrons. The number of hydrogen-bond donors (Lipinski definition) is 4. The highest BCUT2D eigenvalue weighted by molar-refractivity contribution is 7.90. The zero-order valence-corrected chi connectivity index (χ0v) is 50.6. The first-order valence-electron chi connectivity index (χ1n) is 29.8. The quantitative estimate of drug-likeness (QED) is 0.0183. The van der Waals surface area contributed by atoms with Gasteiger partial charge in [-0.05, 0) is 147 Å². The van der Waals surface area contributed by atoms with Crippen molar-refractivity contribution in [3.8, 4) is 23.3 Å². The molecule has 23 heteroatoms. The summed E-state index contributed by atoms with van der Waals surface area (Å²) in [4.78, 5) is 91.1. The maximum absolute atomic E-state index is 14.1. The van der Waals surface area contributed by atoms with E-state index in [1.807, 2.05) is 18.2 Å². The van der Waals surface area contributed by atoms with Crippen LogP contribution in [0.25, 0.3) is 16.6 Å². The lowest BCUT2D eigenvalue weighted by molar-refractivity contribution is -0.384. The lowest BCUT2D eigenvalue weighted by atomic mass is 9.72. The van der Waals surface area contributed by atoms with Gasteiger partial charge in [-0.3, -0.25) is 49.2 Å². The lowest BCUT2D eigenvalue weighted by Gasteiger charge is -2.39. The number of aromatic amines is 1. The van der Waals surface area contributed by atoms with Crippen molar-refractivity contribution < 1.29 is 46.8 Å². The molecule has 4 aliphatic heterocycles. The van der Waals surface area contributed by atoms with Gasteiger partial charge in [0, 0.05) is 105 Å². The summed E-state index contributed by atoms with van der Waals surface area (Å²) in [6.07, 6.45) is 9.42. The van der Waals surface area contributed by atoms with Crippen LogP contribution in [0.5, 0.6) is 11.5 Å². The first kappa shape index (κ1) is 61.2. The summed E-state index contributed by atoms with van der Waals surface area (Å²) in [5, 5.41) is 19.3. The fraction of sp³-hybridized carbons (Fsp3) is 0.385. The van der Waals surface area contributed by atoms with E-state index in [0.717, 1.165) is 93.4 Å². The molecule has 0 bridgehead atoms. The SMILES string of the molecule is CC1(C)CCC(CN2CCN(c3ccc(C(=O)NS(=O)(=O)c4ccc(NCC5CCN(CCOCCCC#Cc6ccc7c(c6)C(=O)N(C6CCC(=O)NC6=O)C7=O)CC5)c([N+](=O)[O-])c4)c(Oc4cnc5[nH]ccc5c4)c3)CC2)=C(c2ccc(Cl)cc2)C1. The number of ether oxygens (including phenoxy) is 2. The largest absolute Gasteiger partial charge is 0.455 e. The molecule has 1 unspecified atom stereocenters. The Bertz CT molecular complexity index is 3920. The molecule has 6 aromatic rings. The molecule has 5 aliphatic rings. The molecule has 0 spiro atoms. The normalized spacial score (nSPS) is 18.5. The summed E-state index contributed by atoms with van der Waals surface area (Å²) in [6.45, 7) is 12.3. The third-order valence-electron chi connectivity index (χ3n) is 17.1. The van der Waals surface area contributed by atoms with E-state index in [1.54, 1.807) is 36.5 Å². The summed E-state index contributed by atoms with van der Waals surface area (Å²) in [6, 6.07) is 24.1. The number of nitrogens with one attached hydrogen (secondary N) is 4. The van der Waals surface area contributed by atoms with Gasteiger partial charge in [-0.1, -0.05) is 55.0 Å². The molecule has 458 valence electrons. The number of hydrogen-bond acceptors (Lipinski definition) is 16. The summed E-state index contributed by atoms with van der Waals surface area (Å²) < 4.78 is 42.3. The Balaban J connectivity index is 0.651. The number of aromatic nitrogens is 2. The van der Waals surface area contributed by atoms with Crippen LogP contribution in [0.2, 0.25) is 5.02 Å². The Labute approximate surface area is 515 Å². The Morgan fingerprint density at radius 3 is 2.43 bits per heavy atom. The Morgan fingerprint density at radius 1 is 0.875 bits per heavy atom. The molecule has 4 aromatic carbocycles. The molecule has 88 heavy (non-hydrogen) atoms. The second-order valence-electron chi connectivity index (χ2n) is 23.8. The van der Waals surface area contributed by atoms with Crippen LogP contribution in [-0.4, -0.2) is 146 Å². The monoisotopic (exact) mass is 1230 g/mol. The van der Waals surface area contributed by atoms with E-state index in [4.69, 9.17) is 21.1 Å². The number of unbranched alkanes of at least 4 members (excludes halogenated alkanes) is 1. The van der Waals surface area contributed by atoms with Gasteiger partial charge in [-0.2, -0.15) is 0 Å². The van der Waals surface area contributed by atoms with Crippen LogP contribution in [0, 0.1) is 33.3 Å². The minimum atomic E-state index is -4.64. The Hall–Kier alpha value is -8.46. The van der Waals surface area contributed by atoms with E-state index < -0.39 is 61.1 Å². The highest BCUT2D eigenvalue weighted by atomic mass is 35.5. The van der Waals surface area contributed by atoms with Crippen LogP contribution in [0.15, 0.2) is 114 Å². The van der Waals surface area contributed by atoms with Crippen molar-refractivity contribution in [2.24, 2.45) is 11.3 Å². The molecule has 1 aliphatic carbocycles. The predicted octanol–water partition coefficient (Wildman–Crippen LogP) is 9.20. The van der Waals surface area contributed by atoms with Crippen molar-refractivity contribution in [1.82, 2.24) is 34.7 Å². The standard InChI is InChI=1S/C65H69ClN10O11S/c1-65(2)23-19-46(54(38-65)44-8-10-47(66)11-9-44)41-73-27-29-74(30-28-73)48-12-15-52(58(36-48)87-49-35-45-20-24-67-60(45)69-40-49)61(78)71-88(84,85)50-13-16-55(57(37-50)76(82)83)68-39-43-21-25-72(26-22-43)31-33-86-32-5-3-4-6-42-7-14-51-53(34-42)64(81)75(63(51)80)56-17-18-59(77)70-62(56)79/h7-16,20,24,34-37,40,43,56,68H,3,5,17-19,21-23,25-33,38-39,41H2,1-2H3,(H,67,69)(H,71,78)(H,70,77,79). The number of nitrogens with zero attached hydrogens (tertiary/aromatic N) is 6. The van der Waals surface area contributed by atoms with Crippen LogP contribution in [0.1, 0.15) is 114 Å². The molecule has 4 N–H and O–H groups in total. The summed E-state index contributed by atoms with van der Waals surface area (Å²) in [7, 11) is -4.64. The number of rotatable bonds is 20. The number of likely N-dealkylation sites (tertiary alicyclic amines) is 1. The second kappa shape index (κ2) is 26.5. The van der Waals surface area contributed by atoms with Gasteiger partial charge in [0.25, 0.3) is 33.4 Å². The van der Waals surface area contributed by atoms with Crippen LogP contribution in [0.4, 0.5) is 17.1 Å². The van der Waals surface area contributed by atoms with Gasteiger partial charge in [0.1, 0.15) is 28.9 Å². The van der Waals surface area contributed by atoms with Gasteiger partial charge >= 0.3 is 0 Å². The zero-order valence-electron chi connectivity index (χ0n) is 49.1. The van der Waals surface area contributed by atoms with Crippen molar-refractivity contribution in [2.75, 3.05) is 82.3 Å². The van der Waals surface area contributed by atoms with Crippen LogP contribution >= 0.6 is 11.6 Å². The van der Waals surface area contributed by atoms with E-state index in [2.05, 4.69) is 77.8 Å². The van der Waals surface area contributed by atoms with Crippen LogP contribution < -0.4 is 25.0 Å². The minimum absolute atomic E-state index is 0.0449. The van der Waals surface area contributed by atoms with Crippen molar-refractivity contribution in [2.45, 2.75) is 82.6 Å². The van der Waals surface area contributed by atoms with E-state index in [-0.39, 0.29) is 52.3 Å². The summed E-state index contributed by atoms with van der Waals surface area (Å²) >= 11 is 6.27. The molecule has 0 saturated carbocycles. The number of nitro benzene ring substituents is 1. The molecular weight excluding hydrogens is 1160 g/mol. The van der Waals surface area contributed by atoms with Gasteiger partial charge in [0.2, 0.25) is 11.8 Å². The highest BCUT2D eigenvalue weighted by Crippen LogP contribution is 2.44. The summed E-state index contributed by atoms with van der Waals surface area (Å²) in [5.74, 6) is 3.54. The van der Waals surface area contributed by atoms with E-state index in [1.165, 1.54) is 47.2 Å². The third-order valence-corrected chi connectivity index (χ3v) is 18.7. The number of carbonyl (C=O) groups is 5. The average Bonchev–Trinajstić information content (AvgIpc) is 1.68. The number of anilines is 2. The van der Waals surface area contributed by atoms with Crippen molar-refractivity contribution in [1.29, 1.82) is 0 Å². The number of allylic oxidation sites excluding steroid dienone is 1. The average molecular weight is 1230 g/mol. The highest BCUT2D eigenvalue weighted by Gasteiger charge is 2.45. The number of benzene rings is 4. The number of piperidine rings is 2. The van der Waals surface area contributed by atoms with Gasteiger partial charge in [0.05, 0.1) is 39.3 Å². The molecule has 6 heterocycles. The second-order valence-corrected chi connectivity index (χ2v) is 25.9. The number of fused-ring (bicyclic) bond motifs is 2. The molecule has 2 aromatic heterocycles. The number of H-pyrrole nitrogens is 1. The van der Waals surface area contributed by atoms with E-state index >= 15 is 0 Å². The predicted molar refractivity (Wildman–Crippen MR) is 333 cm³/mol. The fourth-order valence-electron chi connectivity index (χ4n) is 12.1. The number of pyridine rings is 1. The van der Waals surface area contributed by atoms with Crippen molar-refractivity contribution >= 4 is 84.8 Å². The Morgan fingerprint density at radius 2 is 1.66 bits per heavy atom. The van der Waals surface area contributed by atoms with Crippen molar-refractivity contribution in [3.05, 3.63) is 152 Å². The summed E-state index contributed by atoms with van der Waals surface area (Å²) in [5.41, 5.74) is 6.29. The van der Waals surface area contributed by atoms with Crippen LogP contribution in [0.3, 0.4) is 0 Å². The molecule has 1 atom stereocenters. The van der Waals surface area contributed by atoms with E-state index in [0.29, 0.717) is 67.7 Å². The topological polar surface area (TPSA) is 259 Å². The first-order valence-corrected chi connectivity index (χ1v) is 31.6. The number of nitro groups is 1. The smallest absolute Gasteiger partial charge is 0.293 e. The fourth-order valence-corrected chi connectivity index (χ4v) is 13.2. The van der Waals surface area contributed by atoms with Gasteiger partial charge in [0.15, 0.2) is 0 Å². The number of imide groups is 2. The van der Waals surface area contributed by atoms with Gasteiger partial charge in [-0.15, -0.1) is 0 Å². The third kappa shape index (κ3) is 14.3. The van der Waals surface area contributed by atoms with Crippen molar-refractivity contribution in [3.63, 3.8) is 0 Å². The minimum Gasteiger partial charge on any atom is -0.455 e. The Kier molecular flexibility index (Phi) is 18.4.